The summed E-state index contributed by atoms with van der Waals surface area (Å²) in [7, 11) is 0. The molecule has 1 saturated carbocycles. The van der Waals surface area contributed by atoms with Crippen LogP contribution in [-0.2, 0) is 4.74 Å². The molecule has 0 spiro atoms. The summed E-state index contributed by atoms with van der Waals surface area (Å²) < 4.78 is 5.54. The highest BCUT2D eigenvalue weighted by Crippen LogP contribution is 2.38. The van der Waals surface area contributed by atoms with Crippen LogP contribution in [-0.4, -0.2) is 28.7 Å². The van der Waals surface area contributed by atoms with E-state index in [-0.39, 0.29) is 5.54 Å². The van der Waals surface area contributed by atoms with Crippen molar-refractivity contribution in [3.05, 3.63) is 11.9 Å². The minimum absolute atomic E-state index is 0.0418. The summed E-state index contributed by atoms with van der Waals surface area (Å²) in [5.41, 5.74) is 5.81. The first-order valence-electron chi connectivity index (χ1n) is 6.65. The quantitative estimate of drug-likeness (QED) is 0.855. The van der Waals surface area contributed by atoms with Crippen molar-refractivity contribution in [2.75, 3.05) is 24.3 Å². The molecule has 2 heterocycles. The van der Waals surface area contributed by atoms with Gasteiger partial charge in [-0.2, -0.15) is 0 Å². The van der Waals surface area contributed by atoms with Gasteiger partial charge in [-0.05, 0) is 32.6 Å². The maximum Gasteiger partial charge on any atom is 0.136 e. The zero-order valence-electron chi connectivity index (χ0n) is 10.8. The summed E-state index contributed by atoms with van der Waals surface area (Å²) in [6.07, 6.45) is 4.54. The Morgan fingerprint density at radius 2 is 2.28 bits per heavy atom. The van der Waals surface area contributed by atoms with E-state index in [2.05, 4.69) is 22.2 Å². The molecule has 2 fully saturated rings. The molecule has 5 nitrogen and oxygen atoms in total. The van der Waals surface area contributed by atoms with E-state index in [4.69, 9.17) is 10.5 Å². The predicted molar refractivity (Wildman–Crippen MR) is 70.5 cm³/mol. The second kappa shape index (κ2) is 4.39. The summed E-state index contributed by atoms with van der Waals surface area (Å²) in [5, 5.41) is 3.46. The number of nitrogens with one attached hydrogen (secondary N) is 1. The molecule has 0 bridgehead atoms. The van der Waals surface area contributed by atoms with Gasteiger partial charge < -0.3 is 15.8 Å². The van der Waals surface area contributed by atoms with Gasteiger partial charge in [0.2, 0.25) is 0 Å². The van der Waals surface area contributed by atoms with E-state index in [1.807, 2.05) is 6.07 Å². The lowest BCUT2D eigenvalue weighted by molar-refractivity contribution is 0.0539. The topological polar surface area (TPSA) is 73.1 Å². The predicted octanol–water partition coefficient (Wildman–Crippen LogP) is 1.92. The molecule has 98 valence electrons. The van der Waals surface area contributed by atoms with Crippen LogP contribution in [0.3, 0.4) is 0 Å². The van der Waals surface area contributed by atoms with E-state index >= 15 is 0 Å². The number of anilines is 2. The second-order valence-electron chi connectivity index (χ2n) is 5.65. The molecule has 1 aliphatic heterocycles. The van der Waals surface area contributed by atoms with Crippen LogP contribution in [0, 0.1) is 0 Å². The Morgan fingerprint density at radius 3 is 2.94 bits per heavy atom. The van der Waals surface area contributed by atoms with Gasteiger partial charge in [0.1, 0.15) is 17.5 Å². The Morgan fingerprint density at radius 1 is 1.44 bits per heavy atom. The molecule has 1 aliphatic carbocycles. The van der Waals surface area contributed by atoms with Gasteiger partial charge in [-0.1, -0.05) is 0 Å². The van der Waals surface area contributed by atoms with Crippen LogP contribution in [0.25, 0.3) is 0 Å². The van der Waals surface area contributed by atoms with Crippen LogP contribution in [0.4, 0.5) is 11.6 Å². The second-order valence-corrected chi connectivity index (χ2v) is 5.65. The van der Waals surface area contributed by atoms with Crippen molar-refractivity contribution in [3.8, 4) is 0 Å². The number of hydrogen-bond acceptors (Lipinski definition) is 5. The van der Waals surface area contributed by atoms with Crippen molar-refractivity contribution >= 4 is 11.6 Å². The van der Waals surface area contributed by atoms with E-state index in [1.165, 1.54) is 12.8 Å². The van der Waals surface area contributed by atoms with Crippen LogP contribution in [0.2, 0.25) is 0 Å². The number of hydrogen-bond donors (Lipinski definition) is 2. The first-order valence-corrected chi connectivity index (χ1v) is 6.65. The number of nitrogen functional groups attached to an aromatic ring is 1. The lowest BCUT2D eigenvalue weighted by Gasteiger charge is -2.34. The van der Waals surface area contributed by atoms with Crippen molar-refractivity contribution < 1.29 is 4.74 Å². The van der Waals surface area contributed by atoms with Crippen LogP contribution < -0.4 is 11.1 Å². The summed E-state index contributed by atoms with van der Waals surface area (Å²) in [4.78, 5) is 8.88. The highest BCUT2D eigenvalue weighted by atomic mass is 16.5. The molecule has 0 aromatic carbocycles. The van der Waals surface area contributed by atoms with Gasteiger partial charge >= 0.3 is 0 Å². The van der Waals surface area contributed by atoms with Gasteiger partial charge in [-0.3, -0.25) is 0 Å². The molecule has 0 radical (unpaired) electrons. The Hall–Kier alpha value is -1.36. The number of nitrogens with two attached hydrogens (primary N) is 1. The Bertz CT molecular complexity index is 439. The normalized spacial score (nSPS) is 28.1. The highest BCUT2D eigenvalue weighted by Gasteiger charge is 2.30. The molecule has 2 aliphatic rings. The smallest absolute Gasteiger partial charge is 0.136 e. The molecule has 5 heteroatoms. The molecule has 1 saturated heterocycles. The Labute approximate surface area is 107 Å². The number of aromatic nitrogens is 2. The maximum atomic E-state index is 5.85. The molecular weight excluding hydrogens is 228 g/mol. The Kier molecular flexibility index (Phi) is 2.86. The van der Waals surface area contributed by atoms with Crippen molar-refractivity contribution in [1.29, 1.82) is 0 Å². The molecule has 1 aromatic rings. The first kappa shape index (κ1) is 11.7. The number of ether oxygens (including phenoxy) is 1. The lowest BCUT2D eigenvalue weighted by atomic mass is 9.95. The van der Waals surface area contributed by atoms with Gasteiger partial charge in [0, 0.05) is 18.6 Å². The average molecular weight is 248 g/mol. The van der Waals surface area contributed by atoms with Crippen molar-refractivity contribution in [2.45, 2.75) is 44.1 Å². The van der Waals surface area contributed by atoms with Crippen molar-refractivity contribution in [1.82, 2.24) is 9.97 Å². The third kappa shape index (κ3) is 2.56. The van der Waals surface area contributed by atoms with E-state index in [1.54, 1.807) is 0 Å². The molecule has 3 N–H and O–H groups in total. The Balaban J connectivity index is 1.78. The third-order valence-electron chi connectivity index (χ3n) is 3.57. The average Bonchev–Trinajstić information content (AvgIpc) is 3.12. The van der Waals surface area contributed by atoms with Gasteiger partial charge in [-0.15, -0.1) is 0 Å². The first-order chi connectivity index (χ1) is 8.65. The van der Waals surface area contributed by atoms with E-state index in [0.717, 1.165) is 37.7 Å². The highest BCUT2D eigenvalue weighted by molar-refractivity contribution is 5.47. The van der Waals surface area contributed by atoms with Crippen LogP contribution in [0.15, 0.2) is 6.07 Å². The minimum Gasteiger partial charge on any atom is -0.384 e. The van der Waals surface area contributed by atoms with E-state index < -0.39 is 0 Å². The molecule has 1 atom stereocenters. The number of rotatable bonds is 3. The van der Waals surface area contributed by atoms with Crippen LogP contribution in [0.1, 0.15) is 44.3 Å². The SMILES string of the molecule is CC1(Nc2cc(N)nc(C3CC3)n2)CCCOC1. The van der Waals surface area contributed by atoms with E-state index in [9.17, 15) is 0 Å². The summed E-state index contributed by atoms with van der Waals surface area (Å²) in [6.45, 7) is 3.74. The summed E-state index contributed by atoms with van der Waals surface area (Å²) >= 11 is 0. The molecule has 0 amide bonds. The fourth-order valence-corrected chi connectivity index (χ4v) is 2.42. The maximum absolute atomic E-state index is 5.85. The minimum atomic E-state index is -0.0418. The molecule has 1 aromatic heterocycles. The van der Waals surface area contributed by atoms with Gasteiger partial charge in [-0.25, -0.2) is 9.97 Å². The van der Waals surface area contributed by atoms with E-state index in [0.29, 0.717) is 11.7 Å². The van der Waals surface area contributed by atoms with Crippen molar-refractivity contribution in [3.63, 3.8) is 0 Å². The molecule has 1 unspecified atom stereocenters. The monoisotopic (exact) mass is 248 g/mol. The van der Waals surface area contributed by atoms with Crippen LogP contribution >= 0.6 is 0 Å². The molecule has 3 rings (SSSR count). The zero-order valence-corrected chi connectivity index (χ0v) is 10.8. The van der Waals surface area contributed by atoms with Crippen LogP contribution in [0.5, 0.6) is 0 Å². The molecule has 18 heavy (non-hydrogen) atoms. The standard InChI is InChI=1S/C13H20N4O/c1-13(5-2-6-18-8-13)17-11-7-10(14)15-12(16-11)9-3-4-9/h7,9H,2-6,8H2,1H3,(H3,14,15,16,17). The van der Waals surface area contributed by atoms with Crippen molar-refractivity contribution in [2.24, 2.45) is 0 Å². The van der Waals surface area contributed by atoms with Gasteiger partial charge in [0.15, 0.2) is 0 Å². The third-order valence-corrected chi connectivity index (χ3v) is 3.57. The van der Waals surface area contributed by atoms with Gasteiger partial charge in [0.05, 0.1) is 12.1 Å². The number of nitrogens with zero attached hydrogens (tertiary/aromatic N) is 2. The molecular formula is C13H20N4O. The largest absolute Gasteiger partial charge is 0.384 e. The summed E-state index contributed by atoms with van der Waals surface area (Å²) in [5.74, 6) is 2.79. The van der Waals surface area contributed by atoms with Gasteiger partial charge in [0.25, 0.3) is 0 Å². The fourth-order valence-electron chi connectivity index (χ4n) is 2.42. The zero-order chi connectivity index (χ0) is 12.6. The summed E-state index contributed by atoms with van der Waals surface area (Å²) in [6, 6.07) is 1.81. The lowest BCUT2D eigenvalue weighted by Crippen LogP contribution is -2.43. The fraction of sp³-hybridized carbons (Fsp3) is 0.692.